The summed E-state index contributed by atoms with van der Waals surface area (Å²) in [5.74, 6) is -2.85. The molecule has 4 nitrogen and oxygen atoms in total. The van der Waals surface area contributed by atoms with Crippen molar-refractivity contribution >= 4 is 33.6 Å². The number of halogens is 3. The van der Waals surface area contributed by atoms with Crippen LogP contribution in [0.4, 0.5) is 8.78 Å². The van der Waals surface area contributed by atoms with Gasteiger partial charge in [-0.1, -0.05) is 5.16 Å². The number of rotatable bonds is 3. The minimum Gasteiger partial charge on any atom is -0.361 e. The monoisotopic (exact) mass is 445 g/mol. The first-order chi connectivity index (χ1) is 12.1. The summed E-state index contributed by atoms with van der Waals surface area (Å²) in [7, 11) is 0. The van der Waals surface area contributed by atoms with E-state index in [4.69, 9.17) is 7.26 Å². The fraction of sp³-hybridized carbons (Fsp3) is 0.412. The van der Waals surface area contributed by atoms with Gasteiger partial charge in [0.1, 0.15) is 11.3 Å². The molecule has 0 aromatic carbocycles. The molecule has 3 aromatic rings. The third-order valence-corrected chi connectivity index (χ3v) is 5.12. The molecule has 0 aliphatic heterocycles. The third kappa shape index (κ3) is 2.62. The van der Waals surface area contributed by atoms with Crippen molar-refractivity contribution in [1.82, 2.24) is 14.7 Å². The summed E-state index contributed by atoms with van der Waals surface area (Å²) >= 11 is 2.09. The summed E-state index contributed by atoms with van der Waals surface area (Å²) in [5, 5.41) is 3.95. The Morgan fingerprint density at radius 3 is 2.83 bits per heavy atom. The SMILES string of the molecule is [2H]C([2H])(C1CC(F)(F)C1)n1cc(I)c2ncc(-c3c(C)noc3C)cc21. The number of alkyl halides is 2. The first kappa shape index (κ1) is 13.7. The Morgan fingerprint density at radius 2 is 2.21 bits per heavy atom. The van der Waals surface area contributed by atoms with Gasteiger partial charge in [0.15, 0.2) is 0 Å². The van der Waals surface area contributed by atoms with Crippen molar-refractivity contribution in [1.29, 1.82) is 0 Å². The zero-order valence-electron chi connectivity index (χ0n) is 15.1. The number of aryl methyl sites for hydroxylation is 2. The maximum absolute atomic E-state index is 13.3. The van der Waals surface area contributed by atoms with Gasteiger partial charge in [0.25, 0.3) is 0 Å². The highest BCUT2D eigenvalue weighted by Crippen LogP contribution is 2.43. The summed E-state index contributed by atoms with van der Waals surface area (Å²) in [6.45, 7) is 1.72. The van der Waals surface area contributed by atoms with Crippen molar-refractivity contribution in [3.05, 3.63) is 33.5 Å². The summed E-state index contributed by atoms with van der Waals surface area (Å²) < 4.78 is 50.9. The highest BCUT2D eigenvalue weighted by Gasteiger charge is 2.45. The van der Waals surface area contributed by atoms with E-state index in [1.165, 1.54) is 4.57 Å². The Hall–Kier alpha value is -1.51. The van der Waals surface area contributed by atoms with E-state index in [0.717, 1.165) is 20.4 Å². The Kier molecular flexibility index (Phi) is 3.15. The Balaban J connectivity index is 1.85. The molecule has 1 aliphatic rings. The van der Waals surface area contributed by atoms with E-state index in [0.29, 0.717) is 16.8 Å². The van der Waals surface area contributed by atoms with Gasteiger partial charge in [0, 0.05) is 42.9 Å². The van der Waals surface area contributed by atoms with Crippen LogP contribution >= 0.6 is 22.6 Å². The highest BCUT2D eigenvalue weighted by atomic mass is 127. The maximum atomic E-state index is 13.3. The number of hydrogen-bond acceptors (Lipinski definition) is 3. The summed E-state index contributed by atoms with van der Waals surface area (Å²) in [6, 6.07) is 1.83. The van der Waals surface area contributed by atoms with E-state index in [1.54, 1.807) is 19.3 Å². The van der Waals surface area contributed by atoms with E-state index in [9.17, 15) is 8.78 Å². The van der Waals surface area contributed by atoms with Crippen LogP contribution in [0.5, 0.6) is 0 Å². The van der Waals surface area contributed by atoms with Gasteiger partial charge in [-0.2, -0.15) is 0 Å². The highest BCUT2D eigenvalue weighted by molar-refractivity contribution is 14.1. The number of aromatic nitrogens is 3. The average molecular weight is 445 g/mol. The van der Waals surface area contributed by atoms with Crippen LogP contribution in [0.3, 0.4) is 0 Å². The van der Waals surface area contributed by atoms with Crippen LogP contribution in [-0.4, -0.2) is 20.6 Å². The minimum atomic E-state index is -2.77. The summed E-state index contributed by atoms with van der Waals surface area (Å²) in [5.41, 5.74) is 3.53. The van der Waals surface area contributed by atoms with Gasteiger partial charge in [0.2, 0.25) is 5.92 Å². The Labute approximate surface area is 154 Å². The molecule has 1 aliphatic carbocycles. The fourth-order valence-electron chi connectivity index (χ4n) is 3.15. The predicted octanol–water partition coefficient (Wildman–Crippen LogP) is 4.96. The molecule has 0 atom stereocenters. The van der Waals surface area contributed by atoms with Gasteiger partial charge < -0.3 is 9.09 Å². The van der Waals surface area contributed by atoms with Crippen molar-refractivity contribution < 1.29 is 16.0 Å². The smallest absolute Gasteiger partial charge is 0.248 e. The van der Waals surface area contributed by atoms with E-state index in [-0.39, 0.29) is 0 Å². The molecule has 4 rings (SSSR count). The topological polar surface area (TPSA) is 43.9 Å². The van der Waals surface area contributed by atoms with Gasteiger partial charge in [0.05, 0.1) is 17.5 Å². The molecule has 0 unspecified atom stereocenters. The van der Waals surface area contributed by atoms with Gasteiger partial charge in [-0.05, 0) is 48.4 Å². The normalized spacial score (nSPS) is 19.2. The lowest BCUT2D eigenvalue weighted by molar-refractivity contribution is -0.113. The molecule has 0 spiro atoms. The van der Waals surface area contributed by atoms with E-state index in [1.807, 2.05) is 13.0 Å². The molecule has 1 saturated carbocycles. The average Bonchev–Trinajstić information content (AvgIpc) is 3.05. The number of fused-ring (bicyclic) bond motifs is 1. The number of hydrogen-bond donors (Lipinski definition) is 0. The first-order valence-electron chi connectivity index (χ1n) is 8.58. The molecule has 0 N–H and O–H groups in total. The van der Waals surface area contributed by atoms with E-state index >= 15 is 0 Å². The fourth-order valence-corrected chi connectivity index (χ4v) is 3.85. The lowest BCUT2D eigenvalue weighted by atomic mass is 9.81. The molecular weight excluding hydrogens is 427 g/mol. The summed E-state index contributed by atoms with van der Waals surface area (Å²) in [6.07, 6.45) is 2.47. The van der Waals surface area contributed by atoms with E-state index < -0.39 is 31.2 Å². The number of pyridine rings is 1. The van der Waals surface area contributed by atoms with Crippen LogP contribution in [-0.2, 0) is 6.50 Å². The minimum absolute atomic E-state index is 0.437. The molecule has 0 bridgehead atoms. The van der Waals surface area contributed by atoms with Gasteiger partial charge in [-0.15, -0.1) is 0 Å². The van der Waals surface area contributed by atoms with Crippen molar-refractivity contribution in [3.8, 4) is 11.1 Å². The molecule has 0 amide bonds. The van der Waals surface area contributed by atoms with Crippen LogP contribution in [0.25, 0.3) is 22.2 Å². The quantitative estimate of drug-likeness (QED) is 0.536. The molecular formula is C17H16F2IN3O. The van der Waals surface area contributed by atoms with Crippen molar-refractivity contribution in [2.24, 2.45) is 5.92 Å². The molecule has 3 aromatic heterocycles. The predicted molar refractivity (Wildman–Crippen MR) is 95.1 cm³/mol. The van der Waals surface area contributed by atoms with Crippen molar-refractivity contribution in [3.63, 3.8) is 0 Å². The molecule has 7 heteroatoms. The zero-order chi connectivity index (χ0) is 18.9. The standard InChI is InChI=1S/C17H16F2IN3O/c1-9-15(10(2)24-22-9)12-3-14-16(21-6-12)13(20)8-23(14)7-11-4-17(18,19)5-11/h3,6,8,11H,4-5,7H2,1-2H3/i7D2. The molecule has 0 radical (unpaired) electrons. The summed E-state index contributed by atoms with van der Waals surface area (Å²) in [4.78, 5) is 4.47. The zero-order valence-corrected chi connectivity index (χ0v) is 15.3. The first-order valence-corrected chi connectivity index (χ1v) is 8.66. The van der Waals surface area contributed by atoms with Crippen molar-refractivity contribution in [2.75, 3.05) is 0 Å². The van der Waals surface area contributed by atoms with Crippen LogP contribution in [0.2, 0.25) is 0 Å². The Bertz CT molecular complexity index is 988. The lowest BCUT2D eigenvalue weighted by Gasteiger charge is -2.35. The van der Waals surface area contributed by atoms with E-state index in [2.05, 4.69) is 32.7 Å². The van der Waals surface area contributed by atoms with Crippen LogP contribution in [0, 0.1) is 23.3 Å². The maximum Gasteiger partial charge on any atom is 0.248 e. The van der Waals surface area contributed by atoms with Gasteiger partial charge >= 0.3 is 0 Å². The van der Waals surface area contributed by atoms with Gasteiger partial charge in [-0.25, -0.2) is 8.78 Å². The third-order valence-electron chi connectivity index (χ3n) is 4.33. The lowest BCUT2D eigenvalue weighted by Crippen LogP contribution is -2.37. The second-order valence-electron chi connectivity index (χ2n) is 6.23. The van der Waals surface area contributed by atoms with Crippen LogP contribution in [0.15, 0.2) is 23.0 Å². The second kappa shape index (κ2) is 5.50. The van der Waals surface area contributed by atoms with Crippen LogP contribution in [0.1, 0.15) is 27.0 Å². The second-order valence-corrected chi connectivity index (χ2v) is 7.39. The van der Waals surface area contributed by atoms with Crippen LogP contribution < -0.4 is 0 Å². The molecule has 1 fully saturated rings. The molecule has 24 heavy (non-hydrogen) atoms. The molecule has 0 saturated heterocycles. The van der Waals surface area contributed by atoms with Gasteiger partial charge in [-0.3, -0.25) is 4.98 Å². The number of nitrogens with zero attached hydrogens (tertiary/aromatic N) is 3. The van der Waals surface area contributed by atoms with Crippen molar-refractivity contribution in [2.45, 2.75) is 39.1 Å². The molecule has 126 valence electrons. The molecule has 3 heterocycles. The largest absolute Gasteiger partial charge is 0.361 e. The Morgan fingerprint density at radius 1 is 1.46 bits per heavy atom.